The van der Waals surface area contributed by atoms with Gasteiger partial charge in [0, 0.05) is 5.75 Å². The Balaban J connectivity index is 2.59. The van der Waals surface area contributed by atoms with Crippen LogP contribution in [0.4, 0.5) is 0 Å². The molecular weight excluding hydrogens is 140 g/mol. The van der Waals surface area contributed by atoms with Crippen LogP contribution < -0.4 is 0 Å². The Morgan fingerprint density at radius 3 is 2.44 bits per heavy atom. The molecule has 1 atom stereocenters. The van der Waals surface area contributed by atoms with Crippen LogP contribution in [0.25, 0.3) is 0 Å². The maximum absolute atomic E-state index is 10.9. The highest BCUT2D eigenvalue weighted by Crippen LogP contribution is 2.16. The molecule has 0 bridgehead atoms. The zero-order valence-corrected chi connectivity index (χ0v) is 6.02. The van der Waals surface area contributed by atoms with Crippen LogP contribution in [0, 0.1) is 6.61 Å². The fraction of sp³-hybridized carbons (Fsp3) is 0.800. The SMILES string of the molecule is CCS(=O)(=O)C1[CH]OC1. The molecule has 0 amide bonds. The second kappa shape index (κ2) is 2.27. The first-order chi connectivity index (χ1) is 4.17. The lowest BCUT2D eigenvalue weighted by Crippen LogP contribution is -2.37. The summed E-state index contributed by atoms with van der Waals surface area (Å²) < 4.78 is 26.4. The zero-order chi connectivity index (χ0) is 6.91. The van der Waals surface area contributed by atoms with Gasteiger partial charge in [-0.2, -0.15) is 0 Å². The van der Waals surface area contributed by atoms with Crippen molar-refractivity contribution in [3.8, 4) is 0 Å². The zero-order valence-electron chi connectivity index (χ0n) is 5.20. The van der Waals surface area contributed by atoms with Crippen molar-refractivity contribution in [2.45, 2.75) is 12.2 Å². The third-order valence-corrected chi connectivity index (χ3v) is 3.35. The third-order valence-electron chi connectivity index (χ3n) is 1.37. The highest BCUT2D eigenvalue weighted by atomic mass is 32.2. The van der Waals surface area contributed by atoms with Gasteiger partial charge in [-0.1, -0.05) is 6.92 Å². The van der Waals surface area contributed by atoms with E-state index in [1.165, 1.54) is 6.61 Å². The lowest BCUT2D eigenvalue weighted by atomic mass is 10.4. The fourth-order valence-electron chi connectivity index (χ4n) is 0.577. The molecule has 9 heavy (non-hydrogen) atoms. The van der Waals surface area contributed by atoms with E-state index >= 15 is 0 Å². The molecule has 1 saturated heterocycles. The second-order valence-corrected chi connectivity index (χ2v) is 4.47. The van der Waals surface area contributed by atoms with Crippen molar-refractivity contribution in [1.29, 1.82) is 0 Å². The summed E-state index contributed by atoms with van der Waals surface area (Å²) in [5.41, 5.74) is 0. The van der Waals surface area contributed by atoms with Crippen molar-refractivity contribution >= 4 is 9.84 Å². The van der Waals surface area contributed by atoms with Crippen LogP contribution in [0.2, 0.25) is 0 Å². The van der Waals surface area contributed by atoms with Gasteiger partial charge < -0.3 is 4.74 Å². The molecule has 53 valence electrons. The maximum atomic E-state index is 10.9. The summed E-state index contributed by atoms with van der Waals surface area (Å²) >= 11 is 0. The van der Waals surface area contributed by atoms with E-state index in [-0.39, 0.29) is 11.0 Å². The first kappa shape index (κ1) is 7.02. The highest BCUT2D eigenvalue weighted by Gasteiger charge is 2.31. The van der Waals surface area contributed by atoms with Crippen LogP contribution in [0.3, 0.4) is 0 Å². The average molecular weight is 149 g/mol. The summed E-state index contributed by atoms with van der Waals surface area (Å²) in [7, 11) is -2.84. The van der Waals surface area contributed by atoms with Gasteiger partial charge in [-0.3, -0.25) is 0 Å². The summed E-state index contributed by atoms with van der Waals surface area (Å²) in [6.07, 6.45) is 0. The first-order valence-corrected chi connectivity index (χ1v) is 4.55. The first-order valence-electron chi connectivity index (χ1n) is 2.83. The Kier molecular flexibility index (Phi) is 1.77. The van der Waals surface area contributed by atoms with Crippen molar-refractivity contribution in [3.05, 3.63) is 6.61 Å². The van der Waals surface area contributed by atoms with Crippen molar-refractivity contribution in [3.63, 3.8) is 0 Å². The van der Waals surface area contributed by atoms with E-state index in [1.54, 1.807) is 6.92 Å². The normalized spacial score (nSPS) is 21.4. The molecule has 0 N–H and O–H groups in total. The molecule has 1 unspecified atom stereocenters. The minimum absolute atomic E-state index is 0.206. The Morgan fingerprint density at radius 2 is 2.33 bits per heavy atom. The van der Waals surface area contributed by atoms with E-state index in [0.29, 0.717) is 6.61 Å². The van der Waals surface area contributed by atoms with Gasteiger partial charge >= 0.3 is 0 Å². The van der Waals surface area contributed by atoms with Crippen molar-refractivity contribution in [2.75, 3.05) is 12.4 Å². The lowest BCUT2D eigenvalue weighted by molar-refractivity contribution is 0.109. The molecule has 4 heteroatoms. The van der Waals surface area contributed by atoms with E-state index in [2.05, 4.69) is 4.74 Å². The summed E-state index contributed by atoms with van der Waals surface area (Å²) in [4.78, 5) is 0. The molecular formula is C5H9O3S. The van der Waals surface area contributed by atoms with Crippen LogP contribution in [0.15, 0.2) is 0 Å². The number of sulfone groups is 1. The van der Waals surface area contributed by atoms with Crippen molar-refractivity contribution in [2.24, 2.45) is 0 Å². The molecule has 0 saturated carbocycles. The van der Waals surface area contributed by atoms with Crippen molar-refractivity contribution < 1.29 is 13.2 Å². The van der Waals surface area contributed by atoms with Crippen molar-refractivity contribution in [1.82, 2.24) is 0 Å². The fourth-order valence-corrected chi connectivity index (χ4v) is 1.54. The minimum Gasteiger partial charge on any atom is -0.373 e. The maximum Gasteiger partial charge on any atom is 0.157 e. The van der Waals surface area contributed by atoms with E-state index in [1.807, 2.05) is 0 Å². The molecule has 1 fully saturated rings. The predicted octanol–water partition coefficient (Wildman–Crippen LogP) is -0.0183. The van der Waals surface area contributed by atoms with Crippen LogP contribution >= 0.6 is 0 Å². The lowest BCUT2D eigenvalue weighted by Gasteiger charge is -2.23. The van der Waals surface area contributed by atoms with Gasteiger partial charge in [0.05, 0.1) is 6.61 Å². The number of hydrogen-bond donors (Lipinski definition) is 0. The molecule has 0 spiro atoms. The molecule has 1 radical (unpaired) electrons. The molecule has 0 aromatic carbocycles. The van der Waals surface area contributed by atoms with Gasteiger partial charge in [-0.05, 0) is 0 Å². The molecule has 0 aromatic rings. The standard InChI is InChI=1S/C5H9O3S/c1-2-9(6,7)5-3-8-4-5/h3,5H,2,4H2,1H3. The van der Waals surface area contributed by atoms with E-state index in [4.69, 9.17) is 0 Å². The molecule has 0 aromatic heterocycles. The monoisotopic (exact) mass is 149 g/mol. The Bertz CT molecular complexity index is 178. The van der Waals surface area contributed by atoms with Gasteiger partial charge in [-0.15, -0.1) is 0 Å². The van der Waals surface area contributed by atoms with E-state index in [0.717, 1.165) is 0 Å². The molecule has 1 aliphatic rings. The van der Waals surface area contributed by atoms with Gasteiger partial charge in [-0.25, -0.2) is 8.42 Å². The van der Waals surface area contributed by atoms with Gasteiger partial charge in [0.15, 0.2) is 9.84 Å². The summed E-state index contributed by atoms with van der Waals surface area (Å²) in [6, 6.07) is 0. The largest absolute Gasteiger partial charge is 0.373 e. The number of rotatable bonds is 2. The minimum atomic E-state index is -2.84. The molecule has 1 aliphatic heterocycles. The van der Waals surface area contributed by atoms with Gasteiger partial charge in [0.2, 0.25) is 0 Å². The van der Waals surface area contributed by atoms with Gasteiger partial charge in [0.25, 0.3) is 0 Å². The average Bonchev–Trinajstić information content (AvgIpc) is 1.60. The van der Waals surface area contributed by atoms with Crippen LogP contribution in [-0.2, 0) is 14.6 Å². The Hall–Kier alpha value is -0.0900. The quantitative estimate of drug-likeness (QED) is 0.554. The third kappa shape index (κ3) is 1.24. The van der Waals surface area contributed by atoms with Crippen LogP contribution in [-0.4, -0.2) is 26.0 Å². The van der Waals surface area contributed by atoms with Crippen LogP contribution in [0.1, 0.15) is 6.92 Å². The number of ether oxygens (including phenoxy) is 1. The molecule has 0 aliphatic carbocycles. The van der Waals surface area contributed by atoms with E-state index < -0.39 is 9.84 Å². The van der Waals surface area contributed by atoms with Crippen LogP contribution in [0.5, 0.6) is 0 Å². The molecule has 1 rings (SSSR count). The predicted molar refractivity (Wildman–Crippen MR) is 33.5 cm³/mol. The smallest absolute Gasteiger partial charge is 0.157 e. The number of hydrogen-bond acceptors (Lipinski definition) is 3. The second-order valence-electron chi connectivity index (χ2n) is 1.96. The topological polar surface area (TPSA) is 43.4 Å². The molecule has 3 nitrogen and oxygen atoms in total. The van der Waals surface area contributed by atoms with E-state index in [9.17, 15) is 8.42 Å². The summed E-state index contributed by atoms with van der Waals surface area (Å²) in [5.74, 6) is 0.206. The molecule has 1 heterocycles. The summed E-state index contributed by atoms with van der Waals surface area (Å²) in [6.45, 7) is 3.36. The van der Waals surface area contributed by atoms with Gasteiger partial charge in [0.1, 0.15) is 11.9 Å². The Labute approximate surface area is 54.9 Å². The summed E-state index contributed by atoms with van der Waals surface area (Å²) in [5, 5.41) is -0.331. The highest BCUT2D eigenvalue weighted by molar-refractivity contribution is 7.92. The Morgan fingerprint density at radius 1 is 1.78 bits per heavy atom.